The molecule has 0 amide bonds. The molecule has 1 aromatic rings. The lowest BCUT2D eigenvalue weighted by atomic mass is 10.1. The van der Waals surface area contributed by atoms with Crippen LogP contribution in [0.5, 0.6) is 5.75 Å². The van der Waals surface area contributed by atoms with Gasteiger partial charge in [0, 0.05) is 5.56 Å². The number of hydrogen-bond acceptors (Lipinski definition) is 5. The predicted octanol–water partition coefficient (Wildman–Crippen LogP) is 1.46. The molecule has 1 rings (SSSR count). The van der Waals surface area contributed by atoms with Crippen LogP contribution in [0, 0.1) is 0 Å². The molecule has 1 aromatic carbocycles. The molecule has 0 saturated carbocycles. The summed E-state index contributed by atoms with van der Waals surface area (Å²) in [5, 5.41) is 9.96. The van der Waals surface area contributed by atoms with Crippen LogP contribution in [0.2, 0.25) is 5.02 Å². The highest BCUT2D eigenvalue weighted by Gasteiger charge is 2.32. The highest BCUT2D eigenvalue weighted by atomic mass is 35.5. The number of halogens is 1. The van der Waals surface area contributed by atoms with Crippen molar-refractivity contribution in [3.05, 3.63) is 28.8 Å². The van der Waals surface area contributed by atoms with Gasteiger partial charge in [0.25, 0.3) is 0 Å². The smallest absolute Gasteiger partial charge is 0.341 e. The lowest BCUT2D eigenvalue weighted by molar-refractivity contribution is -0.163. The molecule has 18 heavy (non-hydrogen) atoms. The van der Waals surface area contributed by atoms with Crippen LogP contribution >= 0.6 is 11.6 Å². The Morgan fingerprint density at radius 2 is 2.22 bits per heavy atom. The van der Waals surface area contributed by atoms with E-state index in [-0.39, 0.29) is 17.4 Å². The summed E-state index contributed by atoms with van der Waals surface area (Å²) in [5.41, 5.74) is -1.35. The Kier molecular flexibility index (Phi) is 4.69. The van der Waals surface area contributed by atoms with Crippen molar-refractivity contribution in [3.63, 3.8) is 0 Å². The highest BCUT2D eigenvalue weighted by molar-refractivity contribution is 6.32. The topological polar surface area (TPSA) is 72.8 Å². The standard InChI is InChI=1S/C12H13ClO5/c1-12(16,11(15)17-2)7-18-10-4-3-8(6-14)5-9(10)13/h3-6,16H,7H2,1-2H3. The third-order valence-corrected chi connectivity index (χ3v) is 2.52. The zero-order valence-corrected chi connectivity index (χ0v) is 10.7. The predicted molar refractivity (Wildman–Crippen MR) is 65.0 cm³/mol. The molecule has 0 saturated heterocycles. The Hall–Kier alpha value is -1.59. The van der Waals surface area contributed by atoms with Crippen molar-refractivity contribution in [2.75, 3.05) is 13.7 Å². The van der Waals surface area contributed by atoms with E-state index in [0.29, 0.717) is 11.8 Å². The number of ether oxygens (including phenoxy) is 2. The van der Waals surface area contributed by atoms with Gasteiger partial charge in [-0.1, -0.05) is 11.6 Å². The monoisotopic (exact) mass is 272 g/mol. The second-order valence-electron chi connectivity index (χ2n) is 3.86. The number of esters is 1. The minimum Gasteiger partial charge on any atom is -0.488 e. The normalized spacial score (nSPS) is 13.6. The van der Waals surface area contributed by atoms with E-state index in [4.69, 9.17) is 16.3 Å². The molecule has 6 heteroatoms. The Labute approximate surface area is 109 Å². The van der Waals surface area contributed by atoms with E-state index < -0.39 is 11.6 Å². The van der Waals surface area contributed by atoms with Gasteiger partial charge in [-0.2, -0.15) is 0 Å². The summed E-state index contributed by atoms with van der Waals surface area (Å²) in [6.07, 6.45) is 0.653. The maximum Gasteiger partial charge on any atom is 0.341 e. The molecule has 0 radical (unpaired) electrons. The zero-order valence-electron chi connectivity index (χ0n) is 9.97. The zero-order chi connectivity index (χ0) is 13.8. The van der Waals surface area contributed by atoms with Crippen molar-refractivity contribution in [1.29, 1.82) is 0 Å². The van der Waals surface area contributed by atoms with Crippen LogP contribution in [0.1, 0.15) is 17.3 Å². The molecule has 0 aromatic heterocycles. The van der Waals surface area contributed by atoms with Crippen molar-refractivity contribution >= 4 is 23.9 Å². The fraction of sp³-hybridized carbons (Fsp3) is 0.333. The summed E-state index contributed by atoms with van der Waals surface area (Å²) in [5.74, 6) is -0.533. The summed E-state index contributed by atoms with van der Waals surface area (Å²) < 4.78 is 9.65. The molecule has 0 spiro atoms. The van der Waals surface area contributed by atoms with E-state index in [1.165, 1.54) is 32.2 Å². The van der Waals surface area contributed by atoms with Crippen LogP contribution < -0.4 is 4.74 Å². The number of carbonyl (C=O) groups is 2. The average molecular weight is 273 g/mol. The maximum absolute atomic E-state index is 11.2. The first-order valence-corrected chi connectivity index (χ1v) is 5.47. The molecule has 1 unspecified atom stereocenters. The largest absolute Gasteiger partial charge is 0.488 e. The number of benzene rings is 1. The summed E-state index contributed by atoms with van der Waals surface area (Å²) in [6.45, 7) is 0.965. The van der Waals surface area contributed by atoms with Crippen LogP contribution in [0.25, 0.3) is 0 Å². The maximum atomic E-state index is 11.2. The Bertz CT molecular complexity index is 456. The van der Waals surface area contributed by atoms with E-state index >= 15 is 0 Å². The summed E-state index contributed by atoms with van der Waals surface area (Å²) in [6, 6.07) is 4.43. The second kappa shape index (κ2) is 5.84. The fourth-order valence-corrected chi connectivity index (χ4v) is 1.45. The second-order valence-corrected chi connectivity index (χ2v) is 4.27. The third kappa shape index (κ3) is 3.45. The van der Waals surface area contributed by atoms with E-state index in [0.717, 1.165) is 0 Å². The lowest BCUT2D eigenvalue weighted by Gasteiger charge is -2.20. The summed E-state index contributed by atoms with van der Waals surface area (Å²) in [4.78, 5) is 21.7. The van der Waals surface area contributed by atoms with Gasteiger partial charge >= 0.3 is 5.97 Å². The molecule has 0 bridgehead atoms. The summed E-state index contributed by atoms with van der Waals surface area (Å²) in [7, 11) is 1.17. The van der Waals surface area contributed by atoms with Gasteiger partial charge in [-0.3, -0.25) is 4.79 Å². The quantitative estimate of drug-likeness (QED) is 0.649. The molecule has 0 heterocycles. The Morgan fingerprint density at radius 3 is 2.72 bits per heavy atom. The van der Waals surface area contributed by atoms with Gasteiger partial charge in [-0.15, -0.1) is 0 Å². The van der Waals surface area contributed by atoms with Crippen molar-refractivity contribution in [2.24, 2.45) is 0 Å². The number of aliphatic hydroxyl groups is 1. The first kappa shape index (κ1) is 14.5. The van der Waals surface area contributed by atoms with Crippen molar-refractivity contribution in [2.45, 2.75) is 12.5 Å². The number of methoxy groups -OCH3 is 1. The van der Waals surface area contributed by atoms with Gasteiger partial charge in [0.15, 0.2) is 5.60 Å². The molecule has 1 atom stereocenters. The number of carbonyl (C=O) groups excluding carboxylic acids is 2. The first-order valence-electron chi connectivity index (χ1n) is 5.09. The minimum atomic E-state index is -1.76. The number of hydrogen-bond donors (Lipinski definition) is 1. The van der Waals surface area contributed by atoms with Crippen molar-refractivity contribution in [1.82, 2.24) is 0 Å². The highest BCUT2D eigenvalue weighted by Crippen LogP contribution is 2.25. The fourth-order valence-electron chi connectivity index (χ4n) is 1.20. The minimum absolute atomic E-state index is 0.222. The van der Waals surface area contributed by atoms with Crippen LogP contribution in [0.15, 0.2) is 18.2 Å². The molecule has 0 aliphatic carbocycles. The van der Waals surface area contributed by atoms with Crippen LogP contribution in [0.3, 0.4) is 0 Å². The van der Waals surface area contributed by atoms with Crippen molar-refractivity contribution in [3.8, 4) is 5.75 Å². The SMILES string of the molecule is COC(=O)C(C)(O)COc1ccc(C=O)cc1Cl. The van der Waals surface area contributed by atoms with E-state index in [1.807, 2.05) is 0 Å². The number of rotatable bonds is 5. The lowest BCUT2D eigenvalue weighted by Crippen LogP contribution is -2.42. The van der Waals surface area contributed by atoms with Crippen LogP contribution in [-0.2, 0) is 9.53 Å². The van der Waals surface area contributed by atoms with E-state index in [9.17, 15) is 14.7 Å². The summed E-state index contributed by atoms with van der Waals surface area (Å²) >= 11 is 5.87. The Balaban J connectivity index is 2.75. The average Bonchev–Trinajstić information content (AvgIpc) is 2.36. The van der Waals surface area contributed by atoms with Crippen molar-refractivity contribution < 1.29 is 24.2 Å². The first-order chi connectivity index (χ1) is 8.40. The third-order valence-electron chi connectivity index (χ3n) is 2.23. The molecule has 0 aliphatic heterocycles. The molecule has 0 aliphatic rings. The number of aldehydes is 1. The van der Waals surface area contributed by atoms with E-state index in [2.05, 4.69) is 4.74 Å². The molecule has 1 N–H and O–H groups in total. The van der Waals surface area contributed by atoms with Gasteiger partial charge in [0.1, 0.15) is 18.6 Å². The van der Waals surface area contributed by atoms with Gasteiger partial charge in [0.05, 0.1) is 12.1 Å². The van der Waals surface area contributed by atoms with Crippen LogP contribution in [-0.4, -0.2) is 36.7 Å². The molecule has 5 nitrogen and oxygen atoms in total. The molecule has 0 fully saturated rings. The Morgan fingerprint density at radius 1 is 1.56 bits per heavy atom. The van der Waals surface area contributed by atoms with E-state index in [1.54, 1.807) is 0 Å². The van der Waals surface area contributed by atoms with Gasteiger partial charge in [-0.05, 0) is 25.1 Å². The van der Waals surface area contributed by atoms with Gasteiger partial charge < -0.3 is 14.6 Å². The van der Waals surface area contributed by atoms with Gasteiger partial charge in [0.2, 0.25) is 0 Å². The van der Waals surface area contributed by atoms with Crippen LogP contribution in [0.4, 0.5) is 0 Å². The van der Waals surface area contributed by atoms with Gasteiger partial charge in [-0.25, -0.2) is 4.79 Å². The molecular weight excluding hydrogens is 260 g/mol. The molecule has 98 valence electrons. The molecular formula is C12H13ClO5.